The third kappa shape index (κ3) is 6.77. The average Bonchev–Trinajstić information content (AvgIpc) is 3.96. The molecule has 2 aromatic heterocycles. The van der Waals surface area contributed by atoms with E-state index in [0.717, 1.165) is 42.1 Å². The van der Waals surface area contributed by atoms with Gasteiger partial charge in [-0.1, -0.05) is 32.1 Å². The van der Waals surface area contributed by atoms with Gasteiger partial charge < -0.3 is 20.3 Å². The highest BCUT2D eigenvalue weighted by Gasteiger charge is 2.62. The van der Waals surface area contributed by atoms with Crippen molar-refractivity contribution in [3.63, 3.8) is 0 Å². The molecule has 14 heteroatoms. The number of anilines is 1. The van der Waals surface area contributed by atoms with Crippen LogP contribution in [0.2, 0.25) is 0 Å². The van der Waals surface area contributed by atoms with E-state index in [1.54, 1.807) is 12.3 Å². The van der Waals surface area contributed by atoms with Gasteiger partial charge >= 0.3 is 0 Å². The fourth-order valence-electron chi connectivity index (χ4n) is 6.94. The maximum Gasteiger partial charge on any atom is 0.259 e. The van der Waals surface area contributed by atoms with Gasteiger partial charge in [0.1, 0.15) is 23.7 Å². The third-order valence-electron chi connectivity index (χ3n) is 10.1. The van der Waals surface area contributed by atoms with Crippen molar-refractivity contribution >= 4 is 55.0 Å². The molecule has 3 N–H and O–H groups in total. The third-order valence-corrected chi connectivity index (χ3v) is 12.7. The summed E-state index contributed by atoms with van der Waals surface area (Å²) in [6, 6.07) is 6.53. The lowest BCUT2D eigenvalue weighted by atomic mass is 10.0. The van der Waals surface area contributed by atoms with Crippen LogP contribution in [-0.4, -0.2) is 76.5 Å². The summed E-state index contributed by atoms with van der Waals surface area (Å²) in [7, 11) is -3.84. The molecule has 4 heterocycles. The summed E-state index contributed by atoms with van der Waals surface area (Å²) < 4.78 is 34.0. The molecule has 2 aliphatic heterocycles. The molecular formula is C35H42N6O6S2. The monoisotopic (exact) mass is 706 g/mol. The van der Waals surface area contributed by atoms with Crippen molar-refractivity contribution in [3.8, 4) is 5.88 Å². The first kappa shape index (κ1) is 33.5. The molecule has 6 bridgehead atoms. The van der Waals surface area contributed by atoms with Crippen LogP contribution in [0.5, 0.6) is 5.88 Å². The maximum absolute atomic E-state index is 14.4. The molecule has 1 saturated heterocycles. The van der Waals surface area contributed by atoms with Crippen molar-refractivity contribution < 1.29 is 27.5 Å². The Balaban J connectivity index is 1.21. The number of rotatable bonds is 7. The summed E-state index contributed by atoms with van der Waals surface area (Å²) in [6.45, 7) is 7.78. The van der Waals surface area contributed by atoms with Crippen molar-refractivity contribution in [2.24, 2.45) is 11.8 Å². The quantitative estimate of drug-likeness (QED) is 0.311. The van der Waals surface area contributed by atoms with Crippen molar-refractivity contribution in [1.29, 1.82) is 0 Å². The van der Waals surface area contributed by atoms with Gasteiger partial charge in [-0.2, -0.15) is 0 Å². The molecular weight excluding hydrogens is 665 g/mol. The molecule has 7 rings (SSSR count). The van der Waals surface area contributed by atoms with Gasteiger partial charge in [0.2, 0.25) is 27.7 Å². The Morgan fingerprint density at radius 3 is 2.73 bits per heavy atom. The Morgan fingerprint density at radius 1 is 1.20 bits per heavy atom. The van der Waals surface area contributed by atoms with Crippen molar-refractivity contribution in [1.82, 2.24) is 24.9 Å². The minimum Gasteiger partial charge on any atom is -0.472 e. The zero-order valence-electron chi connectivity index (χ0n) is 27.7. The number of sulfonamides is 1. The number of thiazole rings is 1. The zero-order valence-corrected chi connectivity index (χ0v) is 29.3. The Kier molecular flexibility index (Phi) is 8.89. The average molecular weight is 707 g/mol. The van der Waals surface area contributed by atoms with Crippen LogP contribution in [0.4, 0.5) is 5.13 Å². The van der Waals surface area contributed by atoms with Gasteiger partial charge in [0, 0.05) is 29.3 Å². The lowest BCUT2D eigenvalue weighted by Crippen LogP contribution is -2.58. The van der Waals surface area contributed by atoms with E-state index >= 15 is 0 Å². The molecule has 49 heavy (non-hydrogen) atoms. The minimum absolute atomic E-state index is 0.114. The highest BCUT2D eigenvalue weighted by molar-refractivity contribution is 7.91. The number of aryl methyl sites for hydroxylation is 2. The molecule has 0 unspecified atom stereocenters. The Labute approximate surface area is 290 Å². The number of amides is 3. The van der Waals surface area contributed by atoms with Gasteiger partial charge in [0.15, 0.2) is 5.13 Å². The number of hydrogen-bond acceptors (Lipinski definition) is 10. The SMILES string of the molecule is C=C[C@@H]1C[C@]1(NC(=O)[C@@H]1C[C@@H]2CN1C(=O)[C@H](C(C)C)Nc1nc(cs1)CCCCc1ccc3ccnc(c3c1)O2)C(=O)NS(=O)(=O)C1CC1. The molecule has 3 fully saturated rings. The molecule has 4 aliphatic rings. The molecule has 2 aliphatic carbocycles. The lowest BCUT2D eigenvalue weighted by molar-refractivity contribution is -0.140. The van der Waals surface area contributed by atoms with Crippen LogP contribution >= 0.6 is 11.3 Å². The first-order valence-corrected chi connectivity index (χ1v) is 19.5. The summed E-state index contributed by atoms with van der Waals surface area (Å²) in [5.74, 6) is -1.80. The molecule has 0 spiro atoms. The van der Waals surface area contributed by atoms with Crippen molar-refractivity contribution in [2.75, 3.05) is 11.9 Å². The van der Waals surface area contributed by atoms with E-state index in [4.69, 9.17) is 9.72 Å². The second-order valence-electron chi connectivity index (χ2n) is 14.1. The number of benzene rings is 1. The van der Waals surface area contributed by atoms with Crippen LogP contribution < -0.4 is 20.1 Å². The number of aromatic nitrogens is 2. The summed E-state index contributed by atoms with van der Waals surface area (Å²) in [5.41, 5.74) is 0.663. The molecule has 260 valence electrons. The van der Waals surface area contributed by atoms with E-state index in [9.17, 15) is 22.8 Å². The smallest absolute Gasteiger partial charge is 0.259 e. The standard InChI is InChI=1S/C35H42N6O6S2/c1-4-23-17-35(23,33(44)40-49(45,46)26-11-12-26)39-30(42)28-16-25-18-41(28)32(43)29(20(2)3)38-34-37-24(19-48-34)8-6-5-7-21-9-10-22-13-14-36-31(47-25)27(22)15-21/h4,9-10,13-15,19-20,23,25-26,28-29H,1,5-8,11-12,16-18H2,2-3H3,(H,37,38)(H,39,42)(H,40,44)/t23-,25-,28+,29+,35-/m1/s1. The van der Waals surface area contributed by atoms with Crippen LogP contribution in [0.15, 0.2) is 48.5 Å². The molecule has 1 aromatic carbocycles. The predicted molar refractivity (Wildman–Crippen MR) is 187 cm³/mol. The first-order chi connectivity index (χ1) is 23.5. The van der Waals surface area contributed by atoms with Gasteiger partial charge in [-0.3, -0.25) is 19.1 Å². The van der Waals surface area contributed by atoms with Gasteiger partial charge in [0.25, 0.3) is 5.91 Å². The number of fused-ring (bicyclic) bond motifs is 5. The highest BCUT2D eigenvalue weighted by atomic mass is 32.2. The second-order valence-corrected chi connectivity index (χ2v) is 16.9. The Morgan fingerprint density at radius 2 is 2.00 bits per heavy atom. The Bertz CT molecular complexity index is 1910. The van der Waals surface area contributed by atoms with Gasteiger partial charge in [-0.25, -0.2) is 18.4 Å². The van der Waals surface area contributed by atoms with Crippen LogP contribution in [0.1, 0.15) is 63.6 Å². The van der Waals surface area contributed by atoms with Crippen LogP contribution in [0.25, 0.3) is 10.8 Å². The van der Waals surface area contributed by atoms with E-state index in [-0.39, 0.29) is 31.2 Å². The van der Waals surface area contributed by atoms with Gasteiger partial charge in [-0.15, -0.1) is 17.9 Å². The fraction of sp³-hybridized carbons (Fsp3) is 0.514. The van der Waals surface area contributed by atoms with E-state index < -0.39 is 56.7 Å². The van der Waals surface area contributed by atoms with E-state index in [2.05, 4.69) is 45.1 Å². The summed E-state index contributed by atoms with van der Waals surface area (Å²) >= 11 is 1.45. The molecule has 0 radical (unpaired) electrons. The summed E-state index contributed by atoms with van der Waals surface area (Å²) in [4.78, 5) is 52.9. The molecule has 3 aromatic rings. The zero-order chi connectivity index (χ0) is 34.5. The first-order valence-electron chi connectivity index (χ1n) is 17.0. The topological polar surface area (TPSA) is 160 Å². The van der Waals surface area contributed by atoms with Crippen molar-refractivity contribution in [2.45, 2.75) is 94.2 Å². The number of carbonyl (C=O) groups is 3. The van der Waals surface area contributed by atoms with E-state index in [1.807, 2.05) is 25.3 Å². The number of hydrogen-bond donors (Lipinski definition) is 3. The number of carbonyl (C=O) groups excluding carboxylic acids is 3. The molecule has 5 atom stereocenters. The second kappa shape index (κ2) is 13.0. The summed E-state index contributed by atoms with van der Waals surface area (Å²) in [6.07, 6.45) is 7.68. The summed E-state index contributed by atoms with van der Waals surface area (Å²) in [5, 5.41) is 10.1. The van der Waals surface area contributed by atoms with Gasteiger partial charge in [-0.05, 0) is 73.9 Å². The predicted octanol–water partition coefficient (Wildman–Crippen LogP) is 3.72. The van der Waals surface area contributed by atoms with E-state index in [0.29, 0.717) is 23.9 Å². The highest BCUT2D eigenvalue weighted by Crippen LogP contribution is 2.45. The van der Waals surface area contributed by atoms with E-state index in [1.165, 1.54) is 21.8 Å². The number of ether oxygens (including phenoxy) is 1. The molecule has 2 saturated carbocycles. The van der Waals surface area contributed by atoms with Crippen LogP contribution in [0, 0.1) is 11.8 Å². The molecule has 3 amide bonds. The number of nitrogens with zero attached hydrogens (tertiary/aromatic N) is 3. The van der Waals surface area contributed by atoms with Crippen LogP contribution in [-0.2, 0) is 37.2 Å². The fourth-order valence-corrected chi connectivity index (χ4v) is 9.09. The van der Waals surface area contributed by atoms with Gasteiger partial charge in [0.05, 0.1) is 17.5 Å². The number of nitrogens with one attached hydrogen (secondary N) is 3. The Hall–Kier alpha value is -4.04. The van der Waals surface area contributed by atoms with Crippen molar-refractivity contribution in [3.05, 3.63) is 59.8 Å². The minimum atomic E-state index is -3.84. The lowest BCUT2D eigenvalue weighted by Gasteiger charge is -2.31. The normalized spacial score (nSPS) is 27.2. The number of pyridine rings is 1. The van der Waals surface area contributed by atoms with Crippen LogP contribution in [0.3, 0.4) is 0 Å². The maximum atomic E-state index is 14.4. The largest absolute Gasteiger partial charge is 0.472 e. The molecule has 12 nitrogen and oxygen atoms in total.